The zero-order chi connectivity index (χ0) is 13.7. The van der Waals surface area contributed by atoms with Crippen molar-refractivity contribution in [3.05, 3.63) is 12.3 Å². The molecule has 1 fully saturated rings. The van der Waals surface area contributed by atoms with Crippen molar-refractivity contribution >= 4 is 11.9 Å². The Kier molecular flexibility index (Phi) is 4.51. The molecule has 7 nitrogen and oxygen atoms in total. The minimum Gasteiger partial charge on any atom is -0.481 e. The van der Waals surface area contributed by atoms with Crippen LogP contribution in [0.4, 0.5) is 5.95 Å². The van der Waals surface area contributed by atoms with Crippen LogP contribution in [0.3, 0.4) is 0 Å². The molecule has 0 saturated carbocycles. The maximum Gasteiger partial charge on any atom is 0.236 e. The molecule has 7 heteroatoms. The van der Waals surface area contributed by atoms with E-state index in [1.165, 1.54) is 0 Å². The predicted octanol–water partition coefficient (Wildman–Crippen LogP) is -0.647. The molecule has 104 valence electrons. The number of piperazine rings is 1. The lowest BCUT2D eigenvalue weighted by molar-refractivity contribution is -0.130. The highest BCUT2D eigenvalue weighted by atomic mass is 16.5. The largest absolute Gasteiger partial charge is 0.481 e. The van der Waals surface area contributed by atoms with Gasteiger partial charge in [0.1, 0.15) is 0 Å². The topological polar surface area (TPSA) is 70.6 Å². The van der Waals surface area contributed by atoms with Crippen LogP contribution in [0.1, 0.15) is 0 Å². The lowest BCUT2D eigenvalue weighted by atomic mass is 10.3. The number of rotatable bonds is 4. The van der Waals surface area contributed by atoms with E-state index in [1.807, 2.05) is 4.90 Å². The Morgan fingerprint density at radius 3 is 2.79 bits per heavy atom. The van der Waals surface area contributed by atoms with Crippen LogP contribution in [0, 0.1) is 0 Å². The number of nitrogens with one attached hydrogen (secondary N) is 1. The van der Waals surface area contributed by atoms with Gasteiger partial charge in [0.2, 0.25) is 17.7 Å². The highest BCUT2D eigenvalue weighted by Gasteiger charge is 2.22. The van der Waals surface area contributed by atoms with Crippen LogP contribution >= 0.6 is 0 Å². The van der Waals surface area contributed by atoms with Crippen molar-refractivity contribution in [3.63, 3.8) is 0 Å². The molecular formula is C12H19N5O2. The minimum absolute atomic E-state index is 0.133. The van der Waals surface area contributed by atoms with Crippen molar-refractivity contribution in [1.82, 2.24) is 20.2 Å². The molecule has 1 aliphatic rings. The van der Waals surface area contributed by atoms with Gasteiger partial charge in [0.25, 0.3) is 0 Å². The molecule has 0 spiro atoms. The van der Waals surface area contributed by atoms with Crippen molar-refractivity contribution in [3.8, 4) is 5.88 Å². The van der Waals surface area contributed by atoms with E-state index < -0.39 is 0 Å². The lowest BCUT2D eigenvalue weighted by Gasteiger charge is -2.34. The second kappa shape index (κ2) is 6.33. The zero-order valence-corrected chi connectivity index (χ0v) is 11.3. The third kappa shape index (κ3) is 3.31. The highest BCUT2D eigenvalue weighted by molar-refractivity contribution is 5.78. The first-order chi connectivity index (χ1) is 9.24. The molecule has 1 aromatic rings. The van der Waals surface area contributed by atoms with Gasteiger partial charge in [-0.05, 0) is 7.05 Å². The molecule has 1 saturated heterocycles. The van der Waals surface area contributed by atoms with E-state index in [4.69, 9.17) is 4.74 Å². The van der Waals surface area contributed by atoms with E-state index in [9.17, 15) is 4.79 Å². The summed E-state index contributed by atoms with van der Waals surface area (Å²) in [6.45, 7) is 3.25. The number of amides is 1. The van der Waals surface area contributed by atoms with Gasteiger partial charge in [0.15, 0.2) is 0 Å². The second-order valence-corrected chi connectivity index (χ2v) is 4.30. The van der Waals surface area contributed by atoms with E-state index in [-0.39, 0.29) is 5.91 Å². The number of carbonyl (C=O) groups excluding carboxylic acids is 1. The molecule has 1 aromatic heterocycles. The van der Waals surface area contributed by atoms with E-state index in [0.29, 0.717) is 31.5 Å². The van der Waals surface area contributed by atoms with Crippen LogP contribution in [-0.4, -0.2) is 67.7 Å². The molecule has 2 heterocycles. The summed E-state index contributed by atoms with van der Waals surface area (Å²) in [7, 11) is 3.36. The number of nitrogens with zero attached hydrogens (tertiary/aromatic N) is 4. The van der Waals surface area contributed by atoms with E-state index in [1.54, 1.807) is 26.4 Å². The van der Waals surface area contributed by atoms with Gasteiger partial charge in [0, 0.05) is 38.4 Å². The van der Waals surface area contributed by atoms with Crippen LogP contribution in [0.25, 0.3) is 0 Å². The molecule has 0 aromatic carbocycles. The normalized spacial score (nSPS) is 15.5. The Morgan fingerprint density at radius 2 is 2.16 bits per heavy atom. The number of aromatic nitrogens is 2. The molecule has 0 unspecified atom stereocenters. The molecule has 1 N–H and O–H groups in total. The minimum atomic E-state index is 0.133. The van der Waals surface area contributed by atoms with Gasteiger partial charge in [-0.1, -0.05) is 0 Å². The fraction of sp³-hybridized carbons (Fsp3) is 0.583. The fourth-order valence-corrected chi connectivity index (χ4v) is 2.02. The number of anilines is 1. The first-order valence-electron chi connectivity index (χ1n) is 6.29. The molecule has 0 atom stereocenters. The Labute approximate surface area is 112 Å². The number of likely N-dealkylation sites (N-methyl/N-ethyl adjacent to an activating group) is 1. The number of hydrogen-bond donors (Lipinski definition) is 1. The first-order valence-corrected chi connectivity index (χ1v) is 6.29. The van der Waals surface area contributed by atoms with E-state index in [2.05, 4.69) is 20.2 Å². The van der Waals surface area contributed by atoms with Gasteiger partial charge >= 0.3 is 0 Å². The van der Waals surface area contributed by atoms with Gasteiger partial charge in [-0.3, -0.25) is 4.79 Å². The van der Waals surface area contributed by atoms with Gasteiger partial charge in [0.05, 0.1) is 13.7 Å². The standard InChI is InChI=1S/C12H19N5O2/c1-13-9-11(18)16-5-7-17(8-6-16)12-14-4-3-10(15-12)19-2/h3-4,13H,5-9H2,1-2H3. The Balaban J connectivity index is 1.94. The number of methoxy groups -OCH3 is 1. The van der Waals surface area contributed by atoms with Gasteiger partial charge < -0.3 is 19.9 Å². The van der Waals surface area contributed by atoms with Crippen molar-refractivity contribution < 1.29 is 9.53 Å². The van der Waals surface area contributed by atoms with Crippen LogP contribution < -0.4 is 15.0 Å². The lowest BCUT2D eigenvalue weighted by Crippen LogP contribution is -2.51. The van der Waals surface area contributed by atoms with Gasteiger partial charge in [-0.2, -0.15) is 4.98 Å². The van der Waals surface area contributed by atoms with Crippen molar-refractivity contribution in [2.45, 2.75) is 0 Å². The second-order valence-electron chi connectivity index (χ2n) is 4.30. The molecule has 1 aliphatic heterocycles. The number of carbonyl (C=O) groups is 1. The van der Waals surface area contributed by atoms with Crippen molar-refractivity contribution in [1.29, 1.82) is 0 Å². The Bertz CT molecular complexity index is 432. The molecule has 19 heavy (non-hydrogen) atoms. The zero-order valence-electron chi connectivity index (χ0n) is 11.3. The molecule has 1 amide bonds. The molecule has 0 radical (unpaired) electrons. The molecule has 0 bridgehead atoms. The fourth-order valence-electron chi connectivity index (χ4n) is 2.02. The SMILES string of the molecule is CNCC(=O)N1CCN(c2nccc(OC)n2)CC1. The summed E-state index contributed by atoms with van der Waals surface area (Å²) in [6.07, 6.45) is 1.68. The summed E-state index contributed by atoms with van der Waals surface area (Å²) in [6, 6.07) is 1.72. The first kappa shape index (κ1) is 13.5. The van der Waals surface area contributed by atoms with Crippen LogP contribution in [0.15, 0.2) is 12.3 Å². The monoisotopic (exact) mass is 265 g/mol. The average molecular weight is 265 g/mol. The third-order valence-corrected chi connectivity index (χ3v) is 3.07. The summed E-state index contributed by atoms with van der Waals surface area (Å²) in [4.78, 5) is 24.2. The molecule has 0 aliphatic carbocycles. The summed E-state index contributed by atoms with van der Waals surface area (Å²) in [5.74, 6) is 1.34. The van der Waals surface area contributed by atoms with Crippen molar-refractivity contribution in [2.75, 3.05) is 51.8 Å². The van der Waals surface area contributed by atoms with E-state index >= 15 is 0 Å². The van der Waals surface area contributed by atoms with Crippen LogP contribution in [0.2, 0.25) is 0 Å². The van der Waals surface area contributed by atoms with Gasteiger partial charge in [-0.15, -0.1) is 0 Å². The highest BCUT2D eigenvalue weighted by Crippen LogP contribution is 2.14. The third-order valence-electron chi connectivity index (χ3n) is 3.07. The molecular weight excluding hydrogens is 246 g/mol. The maximum atomic E-state index is 11.7. The van der Waals surface area contributed by atoms with Crippen LogP contribution in [0.5, 0.6) is 5.88 Å². The summed E-state index contributed by atoms with van der Waals surface area (Å²) < 4.78 is 5.09. The summed E-state index contributed by atoms with van der Waals surface area (Å²) in [5.41, 5.74) is 0. The average Bonchev–Trinajstić information content (AvgIpc) is 2.48. The predicted molar refractivity (Wildman–Crippen MR) is 71.3 cm³/mol. The summed E-state index contributed by atoms with van der Waals surface area (Å²) in [5, 5.41) is 2.88. The Hall–Kier alpha value is -1.89. The van der Waals surface area contributed by atoms with Crippen LogP contribution in [-0.2, 0) is 4.79 Å². The quantitative estimate of drug-likeness (QED) is 0.780. The maximum absolute atomic E-state index is 11.7. The summed E-state index contributed by atoms with van der Waals surface area (Å²) >= 11 is 0. The number of ether oxygens (including phenoxy) is 1. The smallest absolute Gasteiger partial charge is 0.236 e. The Morgan fingerprint density at radius 1 is 1.42 bits per heavy atom. The van der Waals surface area contributed by atoms with Crippen molar-refractivity contribution in [2.24, 2.45) is 0 Å². The van der Waals surface area contributed by atoms with E-state index in [0.717, 1.165) is 13.1 Å². The molecule has 2 rings (SSSR count). The van der Waals surface area contributed by atoms with Gasteiger partial charge in [-0.25, -0.2) is 4.98 Å². The number of hydrogen-bond acceptors (Lipinski definition) is 6.